The van der Waals surface area contributed by atoms with Crippen molar-refractivity contribution >= 4 is 31.7 Å². The van der Waals surface area contributed by atoms with Crippen molar-refractivity contribution in [3.8, 4) is 0 Å². The average Bonchev–Trinajstić information content (AvgIpc) is 2.79. The lowest BCUT2D eigenvalue weighted by Crippen LogP contribution is -2.27. The summed E-state index contributed by atoms with van der Waals surface area (Å²) in [6, 6.07) is 0. The number of aliphatic hydroxyl groups is 1. The second-order valence-corrected chi connectivity index (χ2v) is 6.07. The van der Waals surface area contributed by atoms with Gasteiger partial charge in [-0.15, -0.1) is 0 Å². The summed E-state index contributed by atoms with van der Waals surface area (Å²) in [5.41, 5.74) is 4.53. The third-order valence-corrected chi connectivity index (χ3v) is 3.55. The quantitative estimate of drug-likeness (QED) is 0.206. The van der Waals surface area contributed by atoms with Crippen molar-refractivity contribution in [1.29, 1.82) is 0 Å². The summed E-state index contributed by atoms with van der Waals surface area (Å²) in [5.74, 6) is -0.295. The first-order chi connectivity index (χ1) is 11.2. The zero-order valence-electron chi connectivity index (χ0n) is 12.1. The molecule has 1 aliphatic rings. The summed E-state index contributed by atoms with van der Waals surface area (Å²) in [5, 5.41) is 14.7. The van der Waals surface area contributed by atoms with Gasteiger partial charge in [-0.2, -0.15) is 4.98 Å². The van der Waals surface area contributed by atoms with Crippen LogP contribution in [-0.2, 0) is 18.6 Å². The number of carbonyl (C=O) groups excluding carboxylic acids is 1. The first-order valence-corrected chi connectivity index (χ1v) is 8.12. The third-order valence-electron chi connectivity index (χ3n) is 3.07. The Hall–Kier alpha value is -2.02. The minimum Gasteiger partial charge on any atom is -0.390 e. The van der Waals surface area contributed by atoms with Crippen LogP contribution in [0.4, 0.5) is 17.5 Å². The largest absolute Gasteiger partial charge is 0.469 e. The molecule has 1 amide bonds. The molecule has 1 aromatic heterocycles. The van der Waals surface area contributed by atoms with E-state index in [1.807, 2.05) is 0 Å². The number of rotatable bonds is 7. The number of ether oxygens (including phenoxy) is 1. The number of carbonyl (C=O) groups is 1. The number of aliphatic hydroxyl groups excluding tert-OH is 1. The van der Waals surface area contributed by atoms with Crippen LogP contribution >= 0.6 is 7.82 Å². The van der Waals surface area contributed by atoms with Gasteiger partial charge in [0.05, 0.1) is 12.7 Å². The molecule has 3 atom stereocenters. The highest BCUT2D eigenvalue weighted by Crippen LogP contribution is 2.37. The number of amides is 1. The molecule has 0 aromatic carbocycles. The van der Waals surface area contributed by atoms with E-state index in [4.69, 9.17) is 20.3 Å². The Balaban J connectivity index is 2.08. The predicted octanol–water partition coefficient (Wildman–Crippen LogP) is -2.08. The normalized spacial score (nSPS) is 23.9. The Morgan fingerprint density at radius 1 is 1.54 bits per heavy atom. The molecule has 2 rings (SSSR count). The Morgan fingerprint density at radius 3 is 2.88 bits per heavy atom. The number of aromatic amines is 1. The number of hydrogen-bond acceptors (Lipinski definition) is 9. The van der Waals surface area contributed by atoms with Crippen LogP contribution in [0.3, 0.4) is 0 Å². The van der Waals surface area contributed by atoms with Crippen LogP contribution in [0, 0.1) is 0 Å². The number of aromatic nitrogens is 2. The molecule has 0 bridgehead atoms. The maximum absolute atomic E-state index is 11.7. The van der Waals surface area contributed by atoms with Crippen molar-refractivity contribution in [1.82, 2.24) is 9.97 Å². The Bertz CT molecular complexity index is 705. The lowest BCUT2D eigenvalue weighted by molar-refractivity contribution is -0.105. The number of nitrogen functional groups attached to an aromatic ring is 1. The monoisotopic (exact) mass is 365 g/mol. The van der Waals surface area contributed by atoms with E-state index in [9.17, 15) is 19.3 Å². The van der Waals surface area contributed by atoms with Crippen molar-refractivity contribution in [3.63, 3.8) is 0 Å². The number of nitrogens with one attached hydrogen (secondary N) is 3. The topological polar surface area (TPSA) is 209 Å². The molecule has 14 heteroatoms. The van der Waals surface area contributed by atoms with Crippen molar-refractivity contribution < 1.29 is 33.5 Å². The summed E-state index contributed by atoms with van der Waals surface area (Å²) < 4.78 is 20.3. The molecule has 8 N–H and O–H groups in total. The van der Waals surface area contributed by atoms with Gasteiger partial charge in [-0.25, -0.2) is 4.57 Å². The molecule has 0 spiro atoms. The number of hydrogen-bond donors (Lipinski definition) is 7. The van der Waals surface area contributed by atoms with E-state index >= 15 is 0 Å². The molecular formula is C10H16N5O8P. The number of H-pyrrole nitrogens is 1. The molecule has 0 saturated carbocycles. The SMILES string of the molecule is Nc1nc(NC2C[C@H](O)[C@@H](COP(=O)(O)O)O2)c(NC=O)c(=O)[nH]1. The molecule has 2 heterocycles. The molecule has 1 saturated heterocycles. The van der Waals surface area contributed by atoms with Crippen LogP contribution in [0.2, 0.25) is 0 Å². The molecule has 0 radical (unpaired) electrons. The van der Waals surface area contributed by atoms with E-state index in [2.05, 4.69) is 25.1 Å². The van der Waals surface area contributed by atoms with Gasteiger partial charge in [-0.3, -0.25) is 19.1 Å². The molecule has 0 aliphatic carbocycles. The molecule has 1 aromatic rings. The van der Waals surface area contributed by atoms with Crippen LogP contribution < -0.4 is 21.9 Å². The van der Waals surface area contributed by atoms with Gasteiger partial charge in [0.25, 0.3) is 5.56 Å². The van der Waals surface area contributed by atoms with Crippen LogP contribution in [0.25, 0.3) is 0 Å². The van der Waals surface area contributed by atoms with Gasteiger partial charge in [0, 0.05) is 6.42 Å². The molecule has 1 unspecified atom stereocenters. The first kappa shape index (κ1) is 18.3. The summed E-state index contributed by atoms with van der Waals surface area (Å²) >= 11 is 0. The van der Waals surface area contributed by atoms with Gasteiger partial charge in [0.15, 0.2) is 5.82 Å². The van der Waals surface area contributed by atoms with Gasteiger partial charge < -0.3 is 36.0 Å². The molecular weight excluding hydrogens is 349 g/mol. The fourth-order valence-electron chi connectivity index (χ4n) is 2.08. The van der Waals surface area contributed by atoms with E-state index in [-0.39, 0.29) is 30.3 Å². The number of nitrogens with two attached hydrogens (primary N) is 1. The van der Waals surface area contributed by atoms with Crippen LogP contribution in [0.15, 0.2) is 4.79 Å². The van der Waals surface area contributed by atoms with Gasteiger partial charge in [0.1, 0.15) is 18.0 Å². The highest BCUT2D eigenvalue weighted by Gasteiger charge is 2.36. The van der Waals surface area contributed by atoms with Crippen molar-refractivity contribution in [2.45, 2.75) is 24.9 Å². The second-order valence-electron chi connectivity index (χ2n) is 4.83. The molecule has 1 aliphatic heterocycles. The van der Waals surface area contributed by atoms with Crippen LogP contribution in [0.1, 0.15) is 6.42 Å². The maximum atomic E-state index is 11.7. The van der Waals surface area contributed by atoms with E-state index < -0.39 is 38.4 Å². The minimum absolute atomic E-state index is 0.0180. The van der Waals surface area contributed by atoms with E-state index in [0.29, 0.717) is 0 Å². The van der Waals surface area contributed by atoms with E-state index in [1.165, 1.54) is 0 Å². The van der Waals surface area contributed by atoms with Crippen molar-refractivity contribution in [2.24, 2.45) is 0 Å². The molecule has 134 valence electrons. The summed E-state index contributed by atoms with van der Waals surface area (Å²) in [6.45, 7) is -0.534. The summed E-state index contributed by atoms with van der Waals surface area (Å²) in [6.07, 6.45) is -2.64. The zero-order valence-corrected chi connectivity index (χ0v) is 13.0. The Labute approximate surface area is 134 Å². The molecule has 24 heavy (non-hydrogen) atoms. The third kappa shape index (κ3) is 4.74. The van der Waals surface area contributed by atoms with E-state index in [1.54, 1.807) is 0 Å². The Kier molecular flexibility index (Phi) is 5.54. The number of nitrogens with zero attached hydrogens (tertiary/aromatic N) is 1. The maximum Gasteiger partial charge on any atom is 0.469 e. The minimum atomic E-state index is -4.70. The highest BCUT2D eigenvalue weighted by molar-refractivity contribution is 7.46. The van der Waals surface area contributed by atoms with Gasteiger partial charge in [0.2, 0.25) is 12.4 Å². The Morgan fingerprint density at radius 2 is 2.25 bits per heavy atom. The van der Waals surface area contributed by atoms with Gasteiger partial charge in [-0.05, 0) is 0 Å². The van der Waals surface area contributed by atoms with Crippen molar-refractivity contribution in [3.05, 3.63) is 10.4 Å². The zero-order chi connectivity index (χ0) is 17.9. The second kappa shape index (κ2) is 7.25. The smallest absolute Gasteiger partial charge is 0.390 e. The van der Waals surface area contributed by atoms with Gasteiger partial charge >= 0.3 is 7.82 Å². The molecule has 13 nitrogen and oxygen atoms in total. The lowest BCUT2D eigenvalue weighted by atomic mass is 10.2. The molecule has 1 fully saturated rings. The summed E-state index contributed by atoms with van der Waals surface area (Å²) in [7, 11) is -4.70. The number of phosphoric ester groups is 1. The predicted molar refractivity (Wildman–Crippen MR) is 79.9 cm³/mol. The fraction of sp³-hybridized carbons (Fsp3) is 0.500. The van der Waals surface area contributed by atoms with Crippen molar-refractivity contribution in [2.75, 3.05) is 23.0 Å². The number of anilines is 3. The highest BCUT2D eigenvalue weighted by atomic mass is 31.2. The van der Waals surface area contributed by atoms with E-state index in [0.717, 1.165) is 0 Å². The lowest BCUT2D eigenvalue weighted by Gasteiger charge is -2.17. The summed E-state index contributed by atoms with van der Waals surface area (Å²) in [4.78, 5) is 45.6. The first-order valence-electron chi connectivity index (χ1n) is 6.59. The standard InChI is InChI=1S/C10H16N5O8P/c11-10-14-8(7(12-3-16)9(18)15-10)13-6-1-4(17)5(23-6)2-22-24(19,20)21/h3-6,17H,1-2H2,(H,12,16)(H2,19,20,21)(H4,11,13,14,15,18)/t4-,5+,6?/m0/s1. The van der Waals surface area contributed by atoms with Crippen LogP contribution in [-0.4, -0.2) is 56.3 Å². The fourth-order valence-corrected chi connectivity index (χ4v) is 2.42. The average molecular weight is 365 g/mol. The van der Waals surface area contributed by atoms with Crippen LogP contribution in [0.5, 0.6) is 0 Å². The number of phosphoric acid groups is 1. The van der Waals surface area contributed by atoms with Gasteiger partial charge in [-0.1, -0.05) is 0 Å².